The number of ether oxygens (including phenoxy) is 1. The van der Waals surface area contributed by atoms with Gasteiger partial charge in [-0.1, -0.05) is 42.4 Å². The molecule has 0 radical (unpaired) electrons. The molecule has 1 aromatic heterocycles. The predicted molar refractivity (Wildman–Crippen MR) is 114 cm³/mol. The largest absolute Gasteiger partial charge is 0.497 e. The van der Waals surface area contributed by atoms with Crippen LogP contribution in [0, 0.1) is 0 Å². The molecule has 0 bridgehead atoms. The van der Waals surface area contributed by atoms with Crippen molar-refractivity contribution in [3.63, 3.8) is 0 Å². The number of likely N-dealkylation sites (tertiary alicyclic amines) is 1. The molecule has 4 rings (SSSR count). The number of para-hydroxylation sites is 1. The summed E-state index contributed by atoms with van der Waals surface area (Å²) in [6, 6.07) is 15.0. The Balaban J connectivity index is 1.55. The second-order valence-electron chi connectivity index (χ2n) is 7.33. The van der Waals surface area contributed by atoms with E-state index in [2.05, 4.69) is 22.4 Å². The first-order valence-electron chi connectivity index (χ1n) is 10.3. The maximum absolute atomic E-state index is 13.1. The van der Waals surface area contributed by atoms with Crippen molar-refractivity contribution in [2.24, 2.45) is 0 Å². The molecule has 7 nitrogen and oxygen atoms in total. The number of urea groups is 1. The molecule has 1 saturated heterocycles. The number of carbonyl (C=O) groups is 1. The monoisotopic (exact) mass is 406 g/mol. The number of aromatic nitrogens is 2. The molecular formula is C23H26N4O3. The normalized spacial score (nSPS) is 16.3. The first-order valence-corrected chi connectivity index (χ1v) is 10.3. The van der Waals surface area contributed by atoms with E-state index in [9.17, 15) is 4.79 Å². The van der Waals surface area contributed by atoms with Gasteiger partial charge < -0.3 is 19.5 Å². The molecule has 1 aliphatic rings. The first-order chi connectivity index (χ1) is 14.7. The van der Waals surface area contributed by atoms with Crippen LogP contribution in [0.25, 0.3) is 11.4 Å². The number of nitrogens with zero attached hydrogens (tertiary/aromatic N) is 3. The third-order valence-corrected chi connectivity index (χ3v) is 5.46. The van der Waals surface area contributed by atoms with Crippen LogP contribution in [0.1, 0.15) is 43.7 Å². The van der Waals surface area contributed by atoms with E-state index in [0.717, 1.165) is 48.2 Å². The standard InChI is InChI=1S/C23H26N4O3/c1-3-16-9-4-5-12-19(16)24-23(28)27-14-7-6-13-20(27)22-25-21(26-30-22)17-10-8-11-18(15-17)29-2/h4-5,8-12,15,20H,3,6-7,13-14H2,1-2H3,(H,24,28)/t20-/m0/s1. The highest BCUT2D eigenvalue weighted by Crippen LogP contribution is 2.32. The highest BCUT2D eigenvalue weighted by molar-refractivity contribution is 5.90. The van der Waals surface area contributed by atoms with E-state index in [0.29, 0.717) is 18.3 Å². The molecule has 2 heterocycles. The molecule has 1 atom stereocenters. The number of methoxy groups -OCH3 is 1. The molecule has 1 fully saturated rings. The number of hydrogen-bond donors (Lipinski definition) is 1. The number of aryl methyl sites for hydroxylation is 1. The second kappa shape index (κ2) is 8.98. The van der Waals surface area contributed by atoms with E-state index in [1.165, 1.54) is 0 Å². The summed E-state index contributed by atoms with van der Waals surface area (Å²) in [5.41, 5.74) is 2.77. The van der Waals surface area contributed by atoms with Crippen molar-refractivity contribution in [2.75, 3.05) is 19.0 Å². The van der Waals surface area contributed by atoms with Crippen molar-refractivity contribution in [3.8, 4) is 17.1 Å². The molecule has 3 aromatic rings. The first kappa shape index (κ1) is 19.9. The topological polar surface area (TPSA) is 80.5 Å². The average Bonchev–Trinajstić information content (AvgIpc) is 3.30. The van der Waals surface area contributed by atoms with Gasteiger partial charge in [-0.2, -0.15) is 4.98 Å². The Labute approximate surface area is 176 Å². The van der Waals surface area contributed by atoms with Gasteiger partial charge in [0.25, 0.3) is 0 Å². The van der Waals surface area contributed by atoms with Crippen molar-refractivity contribution >= 4 is 11.7 Å². The number of piperidine rings is 1. The SMILES string of the molecule is CCc1ccccc1NC(=O)N1CCCC[C@H]1c1nc(-c2cccc(OC)c2)no1. The third kappa shape index (κ3) is 4.15. The van der Waals surface area contributed by atoms with Crippen LogP contribution in [0.5, 0.6) is 5.75 Å². The zero-order valence-electron chi connectivity index (χ0n) is 17.3. The summed E-state index contributed by atoms with van der Waals surface area (Å²) in [7, 11) is 1.62. The smallest absolute Gasteiger partial charge is 0.322 e. The second-order valence-corrected chi connectivity index (χ2v) is 7.33. The minimum absolute atomic E-state index is 0.137. The third-order valence-electron chi connectivity index (χ3n) is 5.46. The zero-order chi connectivity index (χ0) is 20.9. The van der Waals surface area contributed by atoms with Crippen LogP contribution in [-0.4, -0.2) is 34.7 Å². The van der Waals surface area contributed by atoms with Gasteiger partial charge in [0.1, 0.15) is 11.8 Å². The van der Waals surface area contributed by atoms with Gasteiger partial charge in [-0.15, -0.1) is 0 Å². The van der Waals surface area contributed by atoms with Crippen LogP contribution in [0.3, 0.4) is 0 Å². The highest BCUT2D eigenvalue weighted by atomic mass is 16.5. The van der Waals surface area contributed by atoms with Gasteiger partial charge >= 0.3 is 6.03 Å². The number of benzene rings is 2. The molecular weight excluding hydrogens is 380 g/mol. The molecule has 156 valence electrons. The predicted octanol–water partition coefficient (Wildman–Crippen LogP) is 5.07. The van der Waals surface area contributed by atoms with E-state index in [-0.39, 0.29) is 12.1 Å². The lowest BCUT2D eigenvalue weighted by molar-refractivity contribution is 0.142. The Hall–Kier alpha value is -3.35. The average molecular weight is 406 g/mol. The Kier molecular flexibility index (Phi) is 5.97. The summed E-state index contributed by atoms with van der Waals surface area (Å²) in [5, 5.41) is 7.21. The van der Waals surface area contributed by atoms with Crippen LogP contribution in [-0.2, 0) is 6.42 Å². The summed E-state index contributed by atoms with van der Waals surface area (Å²) in [4.78, 5) is 19.5. The maximum atomic E-state index is 13.1. The lowest BCUT2D eigenvalue weighted by Crippen LogP contribution is -2.41. The van der Waals surface area contributed by atoms with Crippen molar-refractivity contribution in [1.82, 2.24) is 15.0 Å². The minimum Gasteiger partial charge on any atom is -0.497 e. The van der Waals surface area contributed by atoms with Gasteiger partial charge in [-0.25, -0.2) is 4.79 Å². The van der Waals surface area contributed by atoms with Gasteiger partial charge in [-0.05, 0) is 49.4 Å². The highest BCUT2D eigenvalue weighted by Gasteiger charge is 2.32. The zero-order valence-corrected chi connectivity index (χ0v) is 17.3. The van der Waals surface area contributed by atoms with E-state index in [1.807, 2.05) is 48.5 Å². The van der Waals surface area contributed by atoms with Gasteiger partial charge in [-0.3, -0.25) is 0 Å². The minimum atomic E-state index is -0.237. The number of amides is 2. The number of nitrogens with one attached hydrogen (secondary N) is 1. The quantitative estimate of drug-likeness (QED) is 0.640. The van der Waals surface area contributed by atoms with Gasteiger partial charge in [0, 0.05) is 17.8 Å². The van der Waals surface area contributed by atoms with Crippen LogP contribution in [0.2, 0.25) is 0 Å². The molecule has 2 aromatic carbocycles. The van der Waals surface area contributed by atoms with Crippen LogP contribution in [0.15, 0.2) is 53.1 Å². The Morgan fingerprint density at radius 3 is 2.93 bits per heavy atom. The number of hydrogen-bond acceptors (Lipinski definition) is 5. The number of anilines is 1. The summed E-state index contributed by atoms with van der Waals surface area (Å²) in [6.45, 7) is 2.73. The molecule has 0 saturated carbocycles. The van der Waals surface area contributed by atoms with Gasteiger partial charge in [0.15, 0.2) is 0 Å². The van der Waals surface area contributed by atoms with Crippen molar-refractivity contribution in [2.45, 2.75) is 38.6 Å². The Morgan fingerprint density at radius 2 is 2.10 bits per heavy atom. The van der Waals surface area contributed by atoms with E-state index < -0.39 is 0 Å². The van der Waals surface area contributed by atoms with Crippen LogP contribution in [0.4, 0.5) is 10.5 Å². The van der Waals surface area contributed by atoms with E-state index in [1.54, 1.807) is 12.0 Å². The molecule has 1 aliphatic heterocycles. The maximum Gasteiger partial charge on any atom is 0.322 e. The Morgan fingerprint density at radius 1 is 1.23 bits per heavy atom. The molecule has 2 amide bonds. The summed E-state index contributed by atoms with van der Waals surface area (Å²) >= 11 is 0. The van der Waals surface area contributed by atoms with Crippen molar-refractivity contribution < 1.29 is 14.1 Å². The molecule has 0 spiro atoms. The van der Waals surface area contributed by atoms with Gasteiger partial charge in [0.05, 0.1) is 7.11 Å². The summed E-state index contributed by atoms with van der Waals surface area (Å²) in [5.74, 6) is 1.68. The van der Waals surface area contributed by atoms with Crippen molar-refractivity contribution in [3.05, 3.63) is 60.0 Å². The van der Waals surface area contributed by atoms with E-state index in [4.69, 9.17) is 9.26 Å². The molecule has 1 N–H and O–H groups in total. The fourth-order valence-electron chi connectivity index (χ4n) is 3.82. The number of rotatable bonds is 5. The fourth-order valence-corrected chi connectivity index (χ4v) is 3.82. The summed E-state index contributed by atoms with van der Waals surface area (Å²) in [6.07, 6.45) is 3.61. The lowest BCUT2D eigenvalue weighted by Gasteiger charge is -2.33. The fraction of sp³-hybridized carbons (Fsp3) is 0.348. The van der Waals surface area contributed by atoms with Crippen LogP contribution >= 0.6 is 0 Å². The van der Waals surface area contributed by atoms with E-state index >= 15 is 0 Å². The molecule has 30 heavy (non-hydrogen) atoms. The summed E-state index contributed by atoms with van der Waals surface area (Å²) < 4.78 is 10.9. The molecule has 7 heteroatoms. The Bertz CT molecular complexity index is 1020. The lowest BCUT2D eigenvalue weighted by atomic mass is 10.0. The molecule has 0 unspecified atom stereocenters. The van der Waals surface area contributed by atoms with Gasteiger partial charge in [0.2, 0.25) is 11.7 Å². The van der Waals surface area contributed by atoms with Crippen molar-refractivity contribution in [1.29, 1.82) is 0 Å². The molecule has 0 aliphatic carbocycles. The van der Waals surface area contributed by atoms with Crippen LogP contribution < -0.4 is 10.1 Å². The number of carbonyl (C=O) groups excluding carboxylic acids is 1.